The number of hydrogen-bond donors (Lipinski definition) is 2. The average Bonchev–Trinajstić information content (AvgIpc) is 3.02. The molecule has 1 aliphatic heterocycles. The molecule has 1 amide bonds. The van der Waals surface area contributed by atoms with Crippen molar-refractivity contribution in [2.45, 2.75) is 45.7 Å². The summed E-state index contributed by atoms with van der Waals surface area (Å²) in [5.41, 5.74) is 8.36. The van der Waals surface area contributed by atoms with E-state index in [1.165, 1.54) is 24.0 Å². The molecule has 1 aliphatic rings. The van der Waals surface area contributed by atoms with E-state index in [4.69, 9.17) is 5.73 Å². The molecule has 0 bridgehead atoms. The fourth-order valence-corrected chi connectivity index (χ4v) is 2.90. The Balaban J connectivity index is 2.05. The lowest BCUT2D eigenvalue weighted by molar-refractivity contribution is -0.125. The van der Waals surface area contributed by atoms with E-state index in [2.05, 4.69) is 41.4 Å². The van der Waals surface area contributed by atoms with E-state index in [0.717, 1.165) is 13.1 Å². The zero-order chi connectivity index (χ0) is 16.1. The molecular weight excluding hydrogens is 274 g/mol. The van der Waals surface area contributed by atoms with Crippen molar-refractivity contribution in [2.75, 3.05) is 19.6 Å². The summed E-state index contributed by atoms with van der Waals surface area (Å²) in [4.78, 5) is 14.7. The van der Waals surface area contributed by atoms with Gasteiger partial charge in [-0.2, -0.15) is 0 Å². The van der Waals surface area contributed by atoms with Gasteiger partial charge in [0.2, 0.25) is 5.91 Å². The molecule has 3 unspecified atom stereocenters. The fourth-order valence-electron chi connectivity index (χ4n) is 2.90. The number of likely N-dealkylation sites (tertiary alicyclic amines) is 1. The number of amides is 1. The van der Waals surface area contributed by atoms with Crippen molar-refractivity contribution in [3.05, 3.63) is 35.4 Å². The summed E-state index contributed by atoms with van der Waals surface area (Å²) in [5.74, 6) is -0.108. The number of nitrogens with zero attached hydrogens (tertiary/aromatic N) is 1. The van der Waals surface area contributed by atoms with Crippen LogP contribution in [0.4, 0.5) is 0 Å². The molecule has 1 saturated heterocycles. The number of carbonyl (C=O) groups is 1. The SMILES string of the molecule is Cc1ccc(C(CNC(=O)C(C)C(C)N)N2CCCC2)cc1. The van der Waals surface area contributed by atoms with Gasteiger partial charge >= 0.3 is 0 Å². The highest BCUT2D eigenvalue weighted by Crippen LogP contribution is 2.25. The van der Waals surface area contributed by atoms with Crippen molar-refractivity contribution in [1.29, 1.82) is 0 Å². The molecule has 1 fully saturated rings. The largest absolute Gasteiger partial charge is 0.354 e. The molecular formula is C18H29N3O. The van der Waals surface area contributed by atoms with Gasteiger partial charge in [0.05, 0.1) is 6.04 Å². The van der Waals surface area contributed by atoms with E-state index >= 15 is 0 Å². The fraction of sp³-hybridized carbons (Fsp3) is 0.611. The highest BCUT2D eigenvalue weighted by molar-refractivity contribution is 5.78. The van der Waals surface area contributed by atoms with E-state index in [1.54, 1.807) is 0 Å². The average molecular weight is 303 g/mol. The van der Waals surface area contributed by atoms with Crippen LogP contribution in [0.1, 0.15) is 43.9 Å². The maximum absolute atomic E-state index is 12.2. The van der Waals surface area contributed by atoms with E-state index in [9.17, 15) is 4.79 Å². The molecule has 122 valence electrons. The maximum atomic E-state index is 12.2. The van der Waals surface area contributed by atoms with Gasteiger partial charge in [-0.05, 0) is 45.3 Å². The summed E-state index contributed by atoms with van der Waals surface area (Å²) in [6.07, 6.45) is 2.49. The van der Waals surface area contributed by atoms with E-state index in [0.29, 0.717) is 6.54 Å². The molecule has 1 aromatic rings. The first-order chi connectivity index (χ1) is 10.5. The highest BCUT2D eigenvalue weighted by atomic mass is 16.1. The van der Waals surface area contributed by atoms with Crippen molar-refractivity contribution in [2.24, 2.45) is 11.7 Å². The van der Waals surface area contributed by atoms with Crippen molar-refractivity contribution in [3.63, 3.8) is 0 Å². The Bertz CT molecular complexity index is 478. The molecule has 1 heterocycles. The van der Waals surface area contributed by atoms with Crippen LogP contribution in [0.5, 0.6) is 0 Å². The lowest BCUT2D eigenvalue weighted by atomic mass is 10.0. The smallest absolute Gasteiger partial charge is 0.224 e. The Labute approximate surface area is 134 Å². The van der Waals surface area contributed by atoms with Crippen LogP contribution in [-0.2, 0) is 4.79 Å². The minimum absolute atomic E-state index is 0.0475. The Hall–Kier alpha value is -1.39. The quantitative estimate of drug-likeness (QED) is 0.847. The lowest BCUT2D eigenvalue weighted by Crippen LogP contribution is -2.42. The summed E-state index contributed by atoms with van der Waals surface area (Å²) in [6, 6.07) is 8.78. The summed E-state index contributed by atoms with van der Waals surface area (Å²) in [5, 5.41) is 3.09. The van der Waals surface area contributed by atoms with Crippen LogP contribution in [0.15, 0.2) is 24.3 Å². The normalized spacial score (nSPS) is 19.6. The van der Waals surface area contributed by atoms with Gasteiger partial charge in [0.15, 0.2) is 0 Å². The van der Waals surface area contributed by atoms with E-state index in [-0.39, 0.29) is 23.9 Å². The number of nitrogens with two attached hydrogens (primary N) is 1. The third kappa shape index (κ3) is 4.31. The summed E-state index contributed by atoms with van der Waals surface area (Å²) in [6.45, 7) is 8.73. The second-order valence-corrected chi connectivity index (χ2v) is 6.56. The van der Waals surface area contributed by atoms with Crippen molar-refractivity contribution in [1.82, 2.24) is 10.2 Å². The molecule has 0 spiro atoms. The zero-order valence-corrected chi connectivity index (χ0v) is 14.0. The monoisotopic (exact) mass is 303 g/mol. The predicted octanol–water partition coefficient (Wildman–Crippen LogP) is 2.23. The number of hydrogen-bond acceptors (Lipinski definition) is 3. The lowest BCUT2D eigenvalue weighted by Gasteiger charge is -2.29. The van der Waals surface area contributed by atoms with Crippen LogP contribution in [0.3, 0.4) is 0 Å². The third-order valence-electron chi connectivity index (χ3n) is 4.72. The molecule has 3 N–H and O–H groups in total. The van der Waals surface area contributed by atoms with Gasteiger partial charge in [-0.25, -0.2) is 0 Å². The van der Waals surface area contributed by atoms with Gasteiger partial charge in [0.25, 0.3) is 0 Å². The minimum Gasteiger partial charge on any atom is -0.354 e. The Morgan fingerprint density at radius 1 is 1.23 bits per heavy atom. The summed E-state index contributed by atoms with van der Waals surface area (Å²) < 4.78 is 0. The molecule has 0 saturated carbocycles. The number of rotatable bonds is 6. The standard InChI is InChI=1S/C18H29N3O/c1-13-6-8-16(9-7-13)17(21-10-4-5-11-21)12-20-18(22)14(2)15(3)19/h6-9,14-15,17H,4-5,10-12,19H2,1-3H3,(H,20,22). The first-order valence-corrected chi connectivity index (χ1v) is 8.33. The van der Waals surface area contributed by atoms with Crippen LogP contribution in [-0.4, -0.2) is 36.5 Å². The van der Waals surface area contributed by atoms with Crippen LogP contribution >= 0.6 is 0 Å². The number of aryl methyl sites for hydroxylation is 1. The molecule has 22 heavy (non-hydrogen) atoms. The first kappa shape index (κ1) is 17.0. The first-order valence-electron chi connectivity index (χ1n) is 8.33. The van der Waals surface area contributed by atoms with Gasteiger partial charge in [-0.3, -0.25) is 9.69 Å². The Kier molecular flexibility index (Phi) is 5.98. The van der Waals surface area contributed by atoms with Gasteiger partial charge < -0.3 is 11.1 Å². The molecule has 4 nitrogen and oxygen atoms in total. The van der Waals surface area contributed by atoms with Gasteiger partial charge in [0.1, 0.15) is 0 Å². The third-order valence-corrected chi connectivity index (χ3v) is 4.72. The van der Waals surface area contributed by atoms with E-state index < -0.39 is 0 Å². The van der Waals surface area contributed by atoms with Crippen LogP contribution in [0, 0.1) is 12.8 Å². The molecule has 1 aromatic carbocycles. The van der Waals surface area contributed by atoms with E-state index in [1.807, 2.05) is 13.8 Å². The number of nitrogens with one attached hydrogen (secondary N) is 1. The topological polar surface area (TPSA) is 58.4 Å². The van der Waals surface area contributed by atoms with Crippen LogP contribution in [0.25, 0.3) is 0 Å². The van der Waals surface area contributed by atoms with Gasteiger partial charge in [-0.1, -0.05) is 36.8 Å². The molecule has 4 heteroatoms. The summed E-state index contributed by atoms with van der Waals surface area (Å²) in [7, 11) is 0. The van der Waals surface area contributed by atoms with Crippen molar-refractivity contribution >= 4 is 5.91 Å². The van der Waals surface area contributed by atoms with Crippen LogP contribution in [0.2, 0.25) is 0 Å². The molecule has 3 atom stereocenters. The second kappa shape index (κ2) is 7.75. The molecule has 0 aliphatic carbocycles. The highest BCUT2D eigenvalue weighted by Gasteiger charge is 2.25. The molecule has 2 rings (SSSR count). The number of benzene rings is 1. The Morgan fingerprint density at radius 2 is 1.82 bits per heavy atom. The zero-order valence-electron chi connectivity index (χ0n) is 14.0. The predicted molar refractivity (Wildman–Crippen MR) is 90.6 cm³/mol. The maximum Gasteiger partial charge on any atom is 0.224 e. The minimum atomic E-state index is -0.155. The van der Waals surface area contributed by atoms with Crippen LogP contribution < -0.4 is 11.1 Å². The Morgan fingerprint density at radius 3 is 2.36 bits per heavy atom. The molecule has 0 radical (unpaired) electrons. The number of carbonyl (C=O) groups excluding carboxylic acids is 1. The van der Waals surface area contributed by atoms with Gasteiger partial charge in [-0.15, -0.1) is 0 Å². The van der Waals surface area contributed by atoms with Crippen molar-refractivity contribution in [3.8, 4) is 0 Å². The van der Waals surface area contributed by atoms with Crippen molar-refractivity contribution < 1.29 is 4.79 Å². The summed E-state index contributed by atoms with van der Waals surface area (Å²) >= 11 is 0. The second-order valence-electron chi connectivity index (χ2n) is 6.56. The molecule has 0 aromatic heterocycles. The van der Waals surface area contributed by atoms with Gasteiger partial charge in [0, 0.05) is 18.5 Å².